The number of rotatable bonds is 3. The van der Waals surface area contributed by atoms with Gasteiger partial charge in [0.15, 0.2) is 11.5 Å². The molecule has 21 heavy (non-hydrogen) atoms. The molecule has 2 aromatic carbocycles. The fourth-order valence-electron chi connectivity index (χ4n) is 2.32. The minimum Gasteiger partial charge on any atom is -0.486 e. The van der Waals surface area contributed by atoms with E-state index in [1.165, 1.54) is 10.5 Å². The standard InChI is InChI=1S/C16H14BrClO2S/c1-21-15-5-3-2-4-10(15)16(17)11-8-13-14(9-12(11)18)20-7-6-19-13/h2-5,8-9,16H,6-7H2,1H3. The summed E-state index contributed by atoms with van der Waals surface area (Å²) in [5.74, 6) is 1.47. The molecular weight excluding hydrogens is 372 g/mol. The molecule has 1 unspecified atom stereocenters. The second-order valence-corrected chi connectivity index (χ2v) is 6.79. The lowest BCUT2D eigenvalue weighted by atomic mass is 10.0. The zero-order valence-corrected chi connectivity index (χ0v) is 14.6. The number of benzene rings is 2. The third-order valence-electron chi connectivity index (χ3n) is 3.35. The molecule has 0 saturated heterocycles. The largest absolute Gasteiger partial charge is 0.486 e. The van der Waals surface area contributed by atoms with E-state index in [1.807, 2.05) is 24.3 Å². The van der Waals surface area contributed by atoms with Crippen molar-refractivity contribution >= 4 is 39.3 Å². The lowest BCUT2D eigenvalue weighted by Crippen LogP contribution is -2.15. The fourth-order valence-corrected chi connectivity index (χ4v) is 4.28. The number of fused-ring (bicyclic) bond motifs is 1. The Hall–Kier alpha value is -0.840. The van der Waals surface area contributed by atoms with Crippen molar-refractivity contribution in [3.63, 3.8) is 0 Å². The van der Waals surface area contributed by atoms with Crippen molar-refractivity contribution in [2.75, 3.05) is 19.5 Å². The van der Waals surface area contributed by atoms with Gasteiger partial charge >= 0.3 is 0 Å². The maximum absolute atomic E-state index is 6.43. The van der Waals surface area contributed by atoms with Crippen LogP contribution in [-0.4, -0.2) is 19.5 Å². The molecule has 1 atom stereocenters. The van der Waals surface area contributed by atoms with Crippen molar-refractivity contribution in [1.29, 1.82) is 0 Å². The van der Waals surface area contributed by atoms with E-state index in [0.717, 1.165) is 11.3 Å². The molecule has 2 nitrogen and oxygen atoms in total. The van der Waals surface area contributed by atoms with Crippen LogP contribution in [0, 0.1) is 0 Å². The first-order valence-corrected chi connectivity index (χ1v) is 9.08. The molecule has 0 aliphatic carbocycles. The predicted octanol–water partition coefficient (Wildman–Crippen LogP) is 5.32. The zero-order chi connectivity index (χ0) is 14.8. The Kier molecular flexibility index (Phi) is 4.67. The Morgan fingerprint density at radius 3 is 2.48 bits per heavy atom. The van der Waals surface area contributed by atoms with Crippen LogP contribution in [0.2, 0.25) is 5.02 Å². The highest BCUT2D eigenvalue weighted by Gasteiger charge is 2.21. The average Bonchev–Trinajstić information content (AvgIpc) is 2.53. The first-order valence-electron chi connectivity index (χ1n) is 6.56. The Bertz CT molecular complexity index is 663. The van der Waals surface area contributed by atoms with E-state index < -0.39 is 0 Å². The fraction of sp³-hybridized carbons (Fsp3) is 0.250. The summed E-state index contributed by atoms with van der Waals surface area (Å²) >= 11 is 11.9. The molecule has 0 fully saturated rings. The van der Waals surface area contributed by atoms with Crippen LogP contribution in [0.15, 0.2) is 41.3 Å². The lowest BCUT2D eigenvalue weighted by molar-refractivity contribution is 0.171. The summed E-state index contributed by atoms with van der Waals surface area (Å²) in [6, 6.07) is 12.1. The van der Waals surface area contributed by atoms with Crippen molar-refractivity contribution in [3.05, 3.63) is 52.5 Å². The summed E-state index contributed by atoms with van der Waals surface area (Å²) in [6.07, 6.45) is 2.07. The van der Waals surface area contributed by atoms with Gasteiger partial charge in [0.25, 0.3) is 0 Å². The van der Waals surface area contributed by atoms with Gasteiger partial charge in [-0.2, -0.15) is 0 Å². The van der Waals surface area contributed by atoms with E-state index in [1.54, 1.807) is 11.8 Å². The first-order chi connectivity index (χ1) is 10.2. The van der Waals surface area contributed by atoms with E-state index in [2.05, 4.69) is 34.3 Å². The topological polar surface area (TPSA) is 18.5 Å². The van der Waals surface area contributed by atoms with Crippen LogP contribution in [0.4, 0.5) is 0 Å². The van der Waals surface area contributed by atoms with Crippen LogP contribution in [0.3, 0.4) is 0 Å². The molecule has 0 bridgehead atoms. The summed E-state index contributed by atoms with van der Waals surface area (Å²) in [4.78, 5) is 1.25. The van der Waals surface area contributed by atoms with Crippen LogP contribution in [0.25, 0.3) is 0 Å². The van der Waals surface area contributed by atoms with E-state index in [4.69, 9.17) is 21.1 Å². The number of thioether (sulfide) groups is 1. The molecule has 110 valence electrons. The molecule has 5 heteroatoms. The van der Waals surface area contributed by atoms with Crippen molar-refractivity contribution in [2.45, 2.75) is 9.72 Å². The van der Waals surface area contributed by atoms with Crippen LogP contribution in [0.5, 0.6) is 11.5 Å². The minimum absolute atomic E-state index is 0.0180. The van der Waals surface area contributed by atoms with Crippen LogP contribution in [0.1, 0.15) is 16.0 Å². The molecule has 0 amide bonds. The van der Waals surface area contributed by atoms with Crippen LogP contribution >= 0.6 is 39.3 Å². The number of hydrogen-bond acceptors (Lipinski definition) is 3. The number of halogens is 2. The van der Waals surface area contributed by atoms with Gasteiger partial charge in [0.2, 0.25) is 0 Å². The molecule has 0 radical (unpaired) electrons. The Labute approximate surface area is 141 Å². The second kappa shape index (κ2) is 6.51. The summed E-state index contributed by atoms with van der Waals surface area (Å²) in [6.45, 7) is 1.14. The Morgan fingerprint density at radius 2 is 1.76 bits per heavy atom. The molecule has 0 aromatic heterocycles. The average molecular weight is 386 g/mol. The van der Waals surface area contributed by atoms with E-state index in [-0.39, 0.29) is 4.83 Å². The maximum atomic E-state index is 6.43. The number of ether oxygens (including phenoxy) is 2. The third kappa shape index (κ3) is 3.03. The molecule has 1 heterocycles. The lowest BCUT2D eigenvalue weighted by Gasteiger charge is -2.22. The van der Waals surface area contributed by atoms with E-state index in [0.29, 0.717) is 24.0 Å². The van der Waals surface area contributed by atoms with Crippen molar-refractivity contribution < 1.29 is 9.47 Å². The van der Waals surface area contributed by atoms with Gasteiger partial charge in [0.05, 0.1) is 4.83 Å². The summed E-state index contributed by atoms with van der Waals surface area (Å²) in [7, 11) is 0. The van der Waals surface area contributed by atoms with Gasteiger partial charge in [0.1, 0.15) is 13.2 Å². The van der Waals surface area contributed by atoms with E-state index >= 15 is 0 Å². The molecule has 3 rings (SSSR count). The van der Waals surface area contributed by atoms with E-state index in [9.17, 15) is 0 Å². The van der Waals surface area contributed by atoms with Crippen LogP contribution < -0.4 is 9.47 Å². The van der Waals surface area contributed by atoms with Gasteiger partial charge in [-0.1, -0.05) is 45.7 Å². The third-order valence-corrected chi connectivity index (χ3v) is 5.47. The molecule has 0 N–H and O–H groups in total. The molecule has 0 saturated carbocycles. The number of hydrogen-bond donors (Lipinski definition) is 0. The van der Waals surface area contributed by atoms with Gasteiger partial charge in [-0.05, 0) is 29.5 Å². The molecule has 0 spiro atoms. The van der Waals surface area contributed by atoms with Gasteiger partial charge in [-0.15, -0.1) is 11.8 Å². The van der Waals surface area contributed by atoms with Gasteiger partial charge < -0.3 is 9.47 Å². The summed E-state index contributed by atoms with van der Waals surface area (Å²) in [5, 5.41) is 0.678. The highest BCUT2D eigenvalue weighted by molar-refractivity contribution is 9.09. The SMILES string of the molecule is CSc1ccccc1C(Br)c1cc2c(cc1Cl)OCCO2. The smallest absolute Gasteiger partial charge is 0.162 e. The van der Waals surface area contributed by atoms with Gasteiger partial charge in [0, 0.05) is 16.0 Å². The molecule has 1 aliphatic rings. The summed E-state index contributed by atoms with van der Waals surface area (Å²) in [5.41, 5.74) is 2.19. The highest BCUT2D eigenvalue weighted by atomic mass is 79.9. The second-order valence-electron chi connectivity index (χ2n) is 4.62. The zero-order valence-electron chi connectivity index (χ0n) is 11.4. The van der Waals surface area contributed by atoms with Crippen molar-refractivity contribution in [2.24, 2.45) is 0 Å². The van der Waals surface area contributed by atoms with Crippen LogP contribution in [-0.2, 0) is 0 Å². The Morgan fingerprint density at radius 1 is 1.10 bits per heavy atom. The summed E-state index contributed by atoms with van der Waals surface area (Å²) < 4.78 is 11.2. The van der Waals surface area contributed by atoms with Gasteiger partial charge in [-0.25, -0.2) is 0 Å². The van der Waals surface area contributed by atoms with Crippen molar-refractivity contribution in [3.8, 4) is 11.5 Å². The molecular formula is C16H14BrClO2S. The molecule has 2 aromatic rings. The van der Waals surface area contributed by atoms with Gasteiger partial charge in [-0.3, -0.25) is 0 Å². The first kappa shape index (κ1) is 15.1. The predicted molar refractivity (Wildman–Crippen MR) is 91.4 cm³/mol. The normalized spacial score (nSPS) is 14.8. The highest BCUT2D eigenvalue weighted by Crippen LogP contribution is 2.44. The monoisotopic (exact) mass is 384 g/mol. The maximum Gasteiger partial charge on any atom is 0.162 e. The Balaban J connectivity index is 2.03. The number of alkyl halides is 1. The van der Waals surface area contributed by atoms with Crippen molar-refractivity contribution in [1.82, 2.24) is 0 Å². The minimum atomic E-state index is 0.0180. The quantitative estimate of drug-likeness (QED) is 0.526. The molecule has 1 aliphatic heterocycles.